The zero-order valence-corrected chi connectivity index (χ0v) is 15.0. The van der Waals surface area contributed by atoms with E-state index >= 15 is 0 Å². The third-order valence-electron chi connectivity index (χ3n) is 3.88. The van der Waals surface area contributed by atoms with Crippen LogP contribution in [0, 0.1) is 10.1 Å². The van der Waals surface area contributed by atoms with Gasteiger partial charge < -0.3 is 4.90 Å². The molecule has 0 spiro atoms. The van der Waals surface area contributed by atoms with Crippen LogP contribution in [0.1, 0.15) is 5.56 Å². The Morgan fingerprint density at radius 3 is 2.68 bits per heavy atom. The van der Waals surface area contributed by atoms with E-state index in [4.69, 9.17) is 0 Å². The molecule has 1 heterocycles. The molecule has 25 heavy (non-hydrogen) atoms. The van der Waals surface area contributed by atoms with Gasteiger partial charge in [-0.05, 0) is 23.8 Å². The number of fused-ring (bicyclic) bond motifs is 1. The first-order chi connectivity index (χ1) is 11.9. The summed E-state index contributed by atoms with van der Waals surface area (Å²) in [4.78, 5) is 24.5. The number of carbonyl (C=O) groups is 1. The van der Waals surface area contributed by atoms with E-state index in [1.54, 1.807) is 24.2 Å². The largest absolute Gasteiger partial charge is 0.340 e. The number of amides is 1. The maximum atomic E-state index is 12.5. The molecule has 128 valence electrons. The molecule has 0 aliphatic carbocycles. The van der Waals surface area contributed by atoms with Crippen molar-refractivity contribution >= 4 is 38.4 Å². The van der Waals surface area contributed by atoms with Crippen LogP contribution in [-0.4, -0.2) is 32.6 Å². The average Bonchev–Trinajstić information content (AvgIpc) is 2.99. The Morgan fingerprint density at radius 1 is 1.28 bits per heavy atom. The van der Waals surface area contributed by atoms with Gasteiger partial charge in [0.05, 0.1) is 16.6 Å². The number of hydrogen-bond donors (Lipinski definition) is 0. The number of hydrogen-bond acceptors (Lipinski definition) is 4. The number of aromatic nitrogens is 2. The van der Waals surface area contributed by atoms with Crippen LogP contribution in [0.2, 0.25) is 0 Å². The highest BCUT2D eigenvalue weighted by atomic mass is 79.9. The molecular weight excluding hydrogens is 388 g/mol. The Morgan fingerprint density at radius 2 is 2.00 bits per heavy atom. The Kier molecular flexibility index (Phi) is 4.80. The van der Waals surface area contributed by atoms with Gasteiger partial charge in [-0.1, -0.05) is 28.1 Å². The van der Waals surface area contributed by atoms with Crippen molar-refractivity contribution in [3.63, 3.8) is 0 Å². The number of nitro benzene ring substituents is 1. The van der Waals surface area contributed by atoms with Crippen LogP contribution in [0.5, 0.6) is 0 Å². The number of nitrogens with zero attached hydrogens (tertiary/aromatic N) is 4. The van der Waals surface area contributed by atoms with Gasteiger partial charge in [0.15, 0.2) is 0 Å². The van der Waals surface area contributed by atoms with Gasteiger partial charge in [0.25, 0.3) is 5.69 Å². The van der Waals surface area contributed by atoms with Crippen LogP contribution in [-0.2, 0) is 17.9 Å². The van der Waals surface area contributed by atoms with E-state index in [1.165, 1.54) is 16.8 Å². The lowest BCUT2D eigenvalue weighted by Crippen LogP contribution is -2.30. The molecular formula is C17H15BrN4O3. The second kappa shape index (κ2) is 7.02. The maximum Gasteiger partial charge on any atom is 0.271 e. The third kappa shape index (κ3) is 3.85. The molecule has 0 saturated carbocycles. The molecule has 0 atom stereocenters. The summed E-state index contributed by atoms with van der Waals surface area (Å²) in [5, 5.41) is 15.9. The summed E-state index contributed by atoms with van der Waals surface area (Å²) in [6.07, 6.45) is 1.60. The minimum Gasteiger partial charge on any atom is -0.340 e. The standard InChI is InChI=1S/C17H15BrN4O3/c1-20(10-12-2-5-14(18)6-3-12)17(23)11-21-16-8-15(22(24)25)7-4-13(16)9-19-21/h2-9H,10-11H2,1H3. The van der Waals surface area contributed by atoms with Crippen LogP contribution < -0.4 is 0 Å². The molecule has 2 aromatic carbocycles. The van der Waals surface area contributed by atoms with Gasteiger partial charge >= 0.3 is 0 Å². The van der Waals surface area contributed by atoms with Crippen molar-refractivity contribution in [3.05, 3.63) is 68.8 Å². The second-order valence-electron chi connectivity index (χ2n) is 5.68. The van der Waals surface area contributed by atoms with Gasteiger partial charge in [-0.25, -0.2) is 0 Å². The maximum absolute atomic E-state index is 12.5. The zero-order chi connectivity index (χ0) is 18.0. The molecule has 0 N–H and O–H groups in total. The Hall–Kier alpha value is -2.74. The van der Waals surface area contributed by atoms with Crippen molar-refractivity contribution in [2.45, 2.75) is 13.1 Å². The molecule has 0 aliphatic rings. The molecule has 3 rings (SSSR count). The van der Waals surface area contributed by atoms with E-state index in [1.807, 2.05) is 24.3 Å². The monoisotopic (exact) mass is 402 g/mol. The highest BCUT2D eigenvalue weighted by Crippen LogP contribution is 2.20. The first-order valence-electron chi connectivity index (χ1n) is 7.52. The van der Waals surface area contributed by atoms with Gasteiger partial charge in [-0.15, -0.1) is 0 Å². The van der Waals surface area contributed by atoms with Crippen LogP contribution in [0.25, 0.3) is 10.9 Å². The molecule has 0 aliphatic heterocycles. The summed E-state index contributed by atoms with van der Waals surface area (Å²) in [5.74, 6) is -0.126. The third-order valence-corrected chi connectivity index (χ3v) is 4.41. The normalized spacial score (nSPS) is 10.8. The number of benzene rings is 2. The molecule has 0 bridgehead atoms. The van der Waals surface area contributed by atoms with Crippen molar-refractivity contribution in [1.29, 1.82) is 0 Å². The van der Waals surface area contributed by atoms with Gasteiger partial charge in [0.2, 0.25) is 5.91 Å². The van der Waals surface area contributed by atoms with Crippen molar-refractivity contribution in [2.24, 2.45) is 0 Å². The van der Waals surface area contributed by atoms with E-state index in [2.05, 4.69) is 21.0 Å². The number of halogens is 1. The van der Waals surface area contributed by atoms with Gasteiger partial charge in [0, 0.05) is 35.6 Å². The summed E-state index contributed by atoms with van der Waals surface area (Å²) >= 11 is 3.38. The summed E-state index contributed by atoms with van der Waals surface area (Å²) < 4.78 is 2.47. The van der Waals surface area contributed by atoms with E-state index in [0.717, 1.165) is 15.4 Å². The lowest BCUT2D eigenvalue weighted by Gasteiger charge is -2.17. The fourth-order valence-corrected chi connectivity index (χ4v) is 2.76. The minimum atomic E-state index is -0.460. The van der Waals surface area contributed by atoms with Gasteiger partial charge in [0.1, 0.15) is 6.54 Å². The molecule has 1 amide bonds. The van der Waals surface area contributed by atoms with E-state index < -0.39 is 4.92 Å². The number of nitro groups is 1. The molecule has 8 heteroatoms. The fourth-order valence-electron chi connectivity index (χ4n) is 2.50. The first kappa shape index (κ1) is 17.1. The summed E-state index contributed by atoms with van der Waals surface area (Å²) in [6, 6.07) is 12.2. The summed E-state index contributed by atoms with van der Waals surface area (Å²) in [5.41, 5.74) is 1.56. The molecule has 0 saturated heterocycles. The molecule has 0 unspecified atom stereocenters. The van der Waals surface area contributed by atoms with Crippen molar-refractivity contribution in [2.75, 3.05) is 7.05 Å². The van der Waals surface area contributed by atoms with Crippen LogP contribution in [0.4, 0.5) is 5.69 Å². The minimum absolute atomic E-state index is 0.0232. The lowest BCUT2D eigenvalue weighted by molar-refractivity contribution is -0.384. The molecule has 3 aromatic rings. The van der Waals surface area contributed by atoms with Crippen molar-refractivity contribution in [1.82, 2.24) is 14.7 Å². The van der Waals surface area contributed by atoms with Crippen LogP contribution in [0.15, 0.2) is 53.1 Å². The molecule has 1 aromatic heterocycles. The highest BCUT2D eigenvalue weighted by molar-refractivity contribution is 9.10. The van der Waals surface area contributed by atoms with Crippen molar-refractivity contribution in [3.8, 4) is 0 Å². The Bertz CT molecular complexity index is 937. The Balaban J connectivity index is 1.75. The second-order valence-corrected chi connectivity index (χ2v) is 6.59. The average molecular weight is 403 g/mol. The zero-order valence-electron chi connectivity index (χ0n) is 13.4. The molecule has 0 radical (unpaired) electrons. The predicted octanol–water partition coefficient (Wildman–Crippen LogP) is 3.37. The van der Waals surface area contributed by atoms with E-state index in [-0.39, 0.29) is 18.1 Å². The lowest BCUT2D eigenvalue weighted by atomic mass is 10.2. The quantitative estimate of drug-likeness (QED) is 0.483. The van der Waals surface area contributed by atoms with E-state index in [9.17, 15) is 14.9 Å². The predicted molar refractivity (Wildman–Crippen MR) is 97.0 cm³/mol. The number of likely N-dealkylation sites (N-methyl/N-ethyl adjacent to an activating group) is 1. The number of rotatable bonds is 5. The smallest absolute Gasteiger partial charge is 0.271 e. The topological polar surface area (TPSA) is 81.3 Å². The first-order valence-corrected chi connectivity index (χ1v) is 8.32. The fraction of sp³-hybridized carbons (Fsp3) is 0.176. The molecule has 0 fully saturated rings. The SMILES string of the molecule is CN(Cc1ccc(Br)cc1)C(=O)Cn1ncc2ccc([N+](=O)[O-])cc21. The van der Waals surface area contributed by atoms with Gasteiger partial charge in [-0.3, -0.25) is 19.6 Å². The van der Waals surface area contributed by atoms with Gasteiger partial charge in [-0.2, -0.15) is 5.10 Å². The number of non-ortho nitro benzene ring substituents is 1. The van der Waals surface area contributed by atoms with Crippen molar-refractivity contribution < 1.29 is 9.72 Å². The summed E-state index contributed by atoms with van der Waals surface area (Å²) in [7, 11) is 1.72. The Labute approximate surface area is 152 Å². The summed E-state index contributed by atoms with van der Waals surface area (Å²) in [6.45, 7) is 0.503. The van der Waals surface area contributed by atoms with E-state index in [0.29, 0.717) is 12.1 Å². The molecule has 7 nitrogen and oxygen atoms in total. The van der Waals surface area contributed by atoms with Crippen LogP contribution in [0.3, 0.4) is 0 Å². The number of carbonyl (C=O) groups excluding carboxylic acids is 1. The highest BCUT2D eigenvalue weighted by Gasteiger charge is 2.15. The van der Waals surface area contributed by atoms with Crippen LogP contribution >= 0.6 is 15.9 Å².